The molecule has 1 aromatic rings. The van der Waals surface area contributed by atoms with Crippen molar-refractivity contribution in [1.82, 2.24) is 0 Å². The molecule has 6 nitrogen and oxygen atoms in total. The second-order valence-electron chi connectivity index (χ2n) is 3.79. The maximum absolute atomic E-state index is 11.6. The van der Waals surface area contributed by atoms with Gasteiger partial charge < -0.3 is 25.3 Å². The number of nitrogen functional groups attached to an aromatic ring is 1. The van der Waals surface area contributed by atoms with Crippen LogP contribution in [0.4, 0.5) is 11.4 Å². The van der Waals surface area contributed by atoms with Gasteiger partial charge in [0.25, 0.3) is 0 Å². The van der Waals surface area contributed by atoms with Crippen LogP contribution in [0, 0.1) is 0 Å². The molecule has 106 valence electrons. The number of para-hydroxylation sites is 1. The van der Waals surface area contributed by atoms with Crippen molar-refractivity contribution in [3.63, 3.8) is 0 Å². The van der Waals surface area contributed by atoms with Crippen LogP contribution in [0.25, 0.3) is 0 Å². The fourth-order valence-electron chi connectivity index (χ4n) is 1.54. The third-order valence-corrected chi connectivity index (χ3v) is 2.48. The number of methoxy groups -OCH3 is 2. The number of hydrogen-bond donors (Lipinski definition) is 2. The lowest BCUT2D eigenvalue weighted by atomic mass is 10.1. The van der Waals surface area contributed by atoms with Gasteiger partial charge in [-0.25, -0.2) is 4.79 Å². The van der Waals surface area contributed by atoms with E-state index in [0.717, 1.165) is 0 Å². The fourth-order valence-corrected chi connectivity index (χ4v) is 1.54. The number of anilines is 2. The molecule has 1 aromatic carbocycles. The van der Waals surface area contributed by atoms with Gasteiger partial charge in [0.15, 0.2) is 0 Å². The SMILES string of the molecule is COCCOCCNc1c(N)cccc1C(=O)OC. The highest BCUT2D eigenvalue weighted by atomic mass is 16.5. The zero-order valence-electron chi connectivity index (χ0n) is 11.3. The number of carbonyl (C=O) groups is 1. The van der Waals surface area contributed by atoms with Crippen molar-refractivity contribution in [2.24, 2.45) is 0 Å². The lowest BCUT2D eigenvalue weighted by Gasteiger charge is -2.13. The molecule has 0 aliphatic carbocycles. The van der Waals surface area contributed by atoms with Crippen molar-refractivity contribution in [2.75, 3.05) is 51.6 Å². The number of nitrogens with one attached hydrogen (secondary N) is 1. The predicted molar refractivity (Wildman–Crippen MR) is 73.4 cm³/mol. The lowest BCUT2D eigenvalue weighted by molar-refractivity contribution is 0.0601. The molecule has 3 N–H and O–H groups in total. The summed E-state index contributed by atoms with van der Waals surface area (Å²) in [5.74, 6) is -0.421. The maximum atomic E-state index is 11.6. The van der Waals surface area contributed by atoms with Gasteiger partial charge in [-0.15, -0.1) is 0 Å². The summed E-state index contributed by atoms with van der Waals surface area (Å²) in [7, 11) is 2.96. The van der Waals surface area contributed by atoms with Crippen LogP contribution in [-0.4, -0.2) is 46.6 Å². The van der Waals surface area contributed by atoms with Crippen molar-refractivity contribution < 1.29 is 19.0 Å². The van der Waals surface area contributed by atoms with E-state index >= 15 is 0 Å². The highest BCUT2D eigenvalue weighted by molar-refractivity contribution is 5.98. The minimum absolute atomic E-state index is 0.416. The number of nitrogens with two attached hydrogens (primary N) is 1. The molecule has 0 aromatic heterocycles. The van der Waals surface area contributed by atoms with E-state index in [1.807, 2.05) is 0 Å². The number of carbonyl (C=O) groups excluding carboxylic acids is 1. The molecule has 6 heteroatoms. The van der Waals surface area contributed by atoms with E-state index < -0.39 is 5.97 Å². The Balaban J connectivity index is 2.54. The van der Waals surface area contributed by atoms with Gasteiger partial charge in [0.2, 0.25) is 0 Å². The van der Waals surface area contributed by atoms with Gasteiger partial charge in [0.1, 0.15) is 0 Å². The molecule has 0 aliphatic rings. The van der Waals surface area contributed by atoms with Gasteiger partial charge in [0, 0.05) is 13.7 Å². The number of esters is 1. The second-order valence-corrected chi connectivity index (χ2v) is 3.79. The third-order valence-electron chi connectivity index (χ3n) is 2.48. The summed E-state index contributed by atoms with van der Waals surface area (Å²) < 4.78 is 14.9. The summed E-state index contributed by atoms with van der Waals surface area (Å²) in [6.07, 6.45) is 0. The highest BCUT2D eigenvalue weighted by Gasteiger charge is 2.13. The van der Waals surface area contributed by atoms with Gasteiger partial charge in [-0.2, -0.15) is 0 Å². The van der Waals surface area contributed by atoms with Gasteiger partial charge >= 0.3 is 5.97 Å². The summed E-state index contributed by atoms with van der Waals surface area (Å²) in [5, 5.41) is 3.08. The minimum Gasteiger partial charge on any atom is -0.465 e. The van der Waals surface area contributed by atoms with E-state index in [2.05, 4.69) is 5.32 Å². The summed E-state index contributed by atoms with van der Waals surface area (Å²) in [6, 6.07) is 5.10. The lowest BCUT2D eigenvalue weighted by Crippen LogP contribution is -2.15. The van der Waals surface area contributed by atoms with E-state index in [9.17, 15) is 4.79 Å². The molecule has 0 radical (unpaired) electrons. The highest BCUT2D eigenvalue weighted by Crippen LogP contribution is 2.23. The number of benzene rings is 1. The molecule has 0 unspecified atom stereocenters. The first-order valence-electron chi connectivity index (χ1n) is 5.98. The van der Waals surface area contributed by atoms with Crippen molar-refractivity contribution in [1.29, 1.82) is 0 Å². The maximum Gasteiger partial charge on any atom is 0.340 e. The molecule has 0 amide bonds. The predicted octanol–water partition coefficient (Wildman–Crippen LogP) is 1.13. The topological polar surface area (TPSA) is 82.8 Å². The fraction of sp³-hybridized carbons (Fsp3) is 0.462. The Morgan fingerprint density at radius 3 is 2.74 bits per heavy atom. The monoisotopic (exact) mass is 268 g/mol. The molecule has 19 heavy (non-hydrogen) atoms. The van der Waals surface area contributed by atoms with Crippen LogP contribution in [0.5, 0.6) is 0 Å². The first-order chi connectivity index (χ1) is 9.20. The normalized spacial score (nSPS) is 10.2. The summed E-state index contributed by atoms with van der Waals surface area (Å²) in [4.78, 5) is 11.6. The standard InChI is InChI=1S/C13H20N2O4/c1-17-8-9-19-7-6-15-12-10(13(16)18-2)4-3-5-11(12)14/h3-5,15H,6-9,14H2,1-2H3. The Hall–Kier alpha value is -1.79. The molecule has 0 saturated heterocycles. The zero-order valence-corrected chi connectivity index (χ0v) is 11.3. The molecule has 0 aliphatic heterocycles. The van der Waals surface area contributed by atoms with Crippen molar-refractivity contribution in [3.05, 3.63) is 23.8 Å². The van der Waals surface area contributed by atoms with Crippen LogP contribution >= 0.6 is 0 Å². The Morgan fingerprint density at radius 1 is 1.26 bits per heavy atom. The molecule has 0 bridgehead atoms. The third kappa shape index (κ3) is 4.76. The van der Waals surface area contributed by atoms with Gasteiger partial charge in [0.05, 0.1) is 43.9 Å². The summed E-state index contributed by atoms with van der Waals surface area (Å²) in [5.41, 5.74) is 7.33. The van der Waals surface area contributed by atoms with Gasteiger partial charge in [-0.3, -0.25) is 0 Å². The van der Waals surface area contributed by atoms with Crippen molar-refractivity contribution in [2.45, 2.75) is 0 Å². The smallest absolute Gasteiger partial charge is 0.340 e. The first-order valence-corrected chi connectivity index (χ1v) is 5.98. The van der Waals surface area contributed by atoms with Crippen LogP contribution < -0.4 is 11.1 Å². The summed E-state index contributed by atoms with van der Waals surface area (Å²) in [6.45, 7) is 2.13. The van der Waals surface area contributed by atoms with E-state index in [1.165, 1.54) is 7.11 Å². The number of hydrogen-bond acceptors (Lipinski definition) is 6. The van der Waals surface area contributed by atoms with Crippen molar-refractivity contribution >= 4 is 17.3 Å². The minimum atomic E-state index is -0.421. The largest absolute Gasteiger partial charge is 0.465 e. The quantitative estimate of drug-likeness (QED) is 0.418. The molecule has 1 rings (SSSR count). The zero-order chi connectivity index (χ0) is 14.1. The van der Waals surface area contributed by atoms with E-state index in [-0.39, 0.29) is 0 Å². The molecular formula is C13H20N2O4. The Kier molecular flexibility index (Phi) is 6.70. The molecule has 0 spiro atoms. The average molecular weight is 268 g/mol. The van der Waals surface area contributed by atoms with Crippen LogP contribution in [0.2, 0.25) is 0 Å². The van der Waals surface area contributed by atoms with Gasteiger partial charge in [-0.05, 0) is 12.1 Å². The first kappa shape index (κ1) is 15.3. The average Bonchev–Trinajstić information content (AvgIpc) is 2.43. The molecular weight excluding hydrogens is 248 g/mol. The van der Waals surface area contributed by atoms with Crippen molar-refractivity contribution in [3.8, 4) is 0 Å². The van der Waals surface area contributed by atoms with E-state index in [0.29, 0.717) is 43.3 Å². The Morgan fingerprint density at radius 2 is 2.05 bits per heavy atom. The molecule has 0 fully saturated rings. The number of ether oxygens (including phenoxy) is 3. The molecule has 0 saturated carbocycles. The van der Waals surface area contributed by atoms with Crippen LogP contribution in [-0.2, 0) is 14.2 Å². The second kappa shape index (κ2) is 8.34. The van der Waals surface area contributed by atoms with Crippen LogP contribution in [0.3, 0.4) is 0 Å². The molecule has 0 atom stereocenters. The van der Waals surface area contributed by atoms with E-state index in [1.54, 1.807) is 25.3 Å². The summed E-state index contributed by atoms with van der Waals surface area (Å²) >= 11 is 0. The Bertz CT molecular complexity index is 410. The van der Waals surface area contributed by atoms with E-state index in [4.69, 9.17) is 19.9 Å². The number of rotatable bonds is 8. The van der Waals surface area contributed by atoms with Gasteiger partial charge in [-0.1, -0.05) is 6.07 Å². The van der Waals surface area contributed by atoms with Crippen LogP contribution in [0.15, 0.2) is 18.2 Å². The molecule has 0 heterocycles. The Labute approximate surface area is 112 Å². The van der Waals surface area contributed by atoms with Crippen LogP contribution in [0.1, 0.15) is 10.4 Å².